The third-order valence-electron chi connectivity index (χ3n) is 4.15. The van der Waals surface area contributed by atoms with Crippen molar-refractivity contribution in [3.8, 4) is 6.07 Å². The van der Waals surface area contributed by atoms with Crippen molar-refractivity contribution in [1.29, 1.82) is 5.26 Å². The van der Waals surface area contributed by atoms with Gasteiger partial charge in [0.05, 0.1) is 23.7 Å². The fraction of sp³-hybridized carbons (Fsp3) is 0.333. The third-order valence-corrected chi connectivity index (χ3v) is 4.88. The maximum atomic E-state index is 14.2. The van der Waals surface area contributed by atoms with Crippen LogP contribution in [0, 0.1) is 17.1 Å². The molecule has 0 saturated carbocycles. The Labute approximate surface area is 144 Å². The highest BCUT2D eigenvalue weighted by molar-refractivity contribution is 7.08. The van der Waals surface area contributed by atoms with Crippen LogP contribution in [0.5, 0.6) is 0 Å². The first-order valence-corrected chi connectivity index (χ1v) is 8.85. The molecular weight excluding hydrogens is 325 g/mol. The summed E-state index contributed by atoms with van der Waals surface area (Å²) in [6.07, 6.45) is 2.16. The molecule has 0 bridgehead atoms. The number of carbonyl (C=O) groups is 1. The molecule has 124 valence electrons. The molecule has 2 aromatic rings. The van der Waals surface area contributed by atoms with Gasteiger partial charge in [-0.3, -0.25) is 4.79 Å². The predicted octanol–water partition coefficient (Wildman–Crippen LogP) is 3.09. The number of piperidine rings is 1. The smallest absolute Gasteiger partial charge is 0.224 e. The molecule has 1 aliphatic rings. The van der Waals surface area contributed by atoms with Gasteiger partial charge >= 0.3 is 0 Å². The molecule has 1 atom stereocenters. The van der Waals surface area contributed by atoms with E-state index in [2.05, 4.69) is 5.32 Å². The summed E-state index contributed by atoms with van der Waals surface area (Å²) in [5, 5.41) is 15.8. The Hall–Kier alpha value is -2.39. The van der Waals surface area contributed by atoms with E-state index in [4.69, 9.17) is 5.26 Å². The molecule has 1 fully saturated rings. The number of hydrogen-bond donors (Lipinski definition) is 1. The molecule has 0 spiro atoms. The number of amides is 1. The summed E-state index contributed by atoms with van der Waals surface area (Å²) < 4.78 is 14.2. The van der Waals surface area contributed by atoms with E-state index in [0.717, 1.165) is 24.9 Å². The van der Waals surface area contributed by atoms with E-state index in [1.54, 1.807) is 23.5 Å². The van der Waals surface area contributed by atoms with Crippen LogP contribution in [-0.4, -0.2) is 25.0 Å². The summed E-state index contributed by atoms with van der Waals surface area (Å²) in [6, 6.07) is 8.42. The van der Waals surface area contributed by atoms with Crippen molar-refractivity contribution in [3.05, 3.63) is 52.0 Å². The zero-order chi connectivity index (χ0) is 16.9. The van der Waals surface area contributed by atoms with Gasteiger partial charge < -0.3 is 10.2 Å². The third kappa shape index (κ3) is 3.92. The van der Waals surface area contributed by atoms with Gasteiger partial charge in [-0.25, -0.2) is 4.39 Å². The Morgan fingerprint density at radius 3 is 3.04 bits per heavy atom. The minimum Gasteiger partial charge on any atom is -0.367 e. The Balaban J connectivity index is 1.62. The lowest BCUT2D eigenvalue weighted by molar-refractivity contribution is -0.121. The summed E-state index contributed by atoms with van der Waals surface area (Å²) in [4.78, 5) is 14.1. The zero-order valence-corrected chi connectivity index (χ0v) is 14.0. The van der Waals surface area contributed by atoms with Gasteiger partial charge in [0.15, 0.2) is 0 Å². The van der Waals surface area contributed by atoms with Crippen LogP contribution in [-0.2, 0) is 11.2 Å². The monoisotopic (exact) mass is 343 g/mol. The summed E-state index contributed by atoms with van der Waals surface area (Å²) in [5.74, 6) is -0.389. The number of hydrogen-bond acceptors (Lipinski definition) is 4. The van der Waals surface area contributed by atoms with E-state index in [9.17, 15) is 9.18 Å². The lowest BCUT2D eigenvalue weighted by atomic mass is 10.0. The summed E-state index contributed by atoms with van der Waals surface area (Å²) >= 11 is 1.58. The maximum absolute atomic E-state index is 14.2. The molecule has 0 aliphatic carbocycles. The van der Waals surface area contributed by atoms with Crippen LogP contribution in [0.4, 0.5) is 10.1 Å². The quantitative estimate of drug-likeness (QED) is 0.928. The van der Waals surface area contributed by atoms with Crippen molar-refractivity contribution in [2.75, 3.05) is 18.0 Å². The Kier molecular flexibility index (Phi) is 5.11. The average molecular weight is 343 g/mol. The zero-order valence-electron chi connectivity index (χ0n) is 13.2. The molecule has 1 aliphatic heterocycles. The molecule has 1 N–H and O–H groups in total. The van der Waals surface area contributed by atoms with Crippen molar-refractivity contribution in [2.45, 2.75) is 25.3 Å². The molecule has 1 amide bonds. The Morgan fingerprint density at radius 2 is 2.33 bits per heavy atom. The van der Waals surface area contributed by atoms with E-state index >= 15 is 0 Å². The summed E-state index contributed by atoms with van der Waals surface area (Å²) in [7, 11) is 0. The van der Waals surface area contributed by atoms with Crippen LogP contribution >= 0.6 is 11.3 Å². The van der Waals surface area contributed by atoms with Crippen molar-refractivity contribution < 1.29 is 9.18 Å². The highest BCUT2D eigenvalue weighted by atomic mass is 32.1. The number of anilines is 1. The number of halogens is 1. The number of thiophene rings is 1. The van der Waals surface area contributed by atoms with Gasteiger partial charge in [0.1, 0.15) is 5.82 Å². The topological polar surface area (TPSA) is 56.1 Å². The van der Waals surface area contributed by atoms with Crippen LogP contribution in [0.3, 0.4) is 0 Å². The predicted molar refractivity (Wildman–Crippen MR) is 92.5 cm³/mol. The van der Waals surface area contributed by atoms with Gasteiger partial charge in [-0.2, -0.15) is 16.6 Å². The molecule has 0 radical (unpaired) electrons. The van der Waals surface area contributed by atoms with E-state index in [0.29, 0.717) is 24.2 Å². The van der Waals surface area contributed by atoms with Crippen LogP contribution < -0.4 is 10.2 Å². The highest BCUT2D eigenvalue weighted by Crippen LogP contribution is 2.24. The largest absolute Gasteiger partial charge is 0.367 e. The van der Waals surface area contributed by atoms with Crippen LogP contribution in [0.1, 0.15) is 24.0 Å². The second-order valence-corrected chi connectivity index (χ2v) is 6.72. The van der Waals surface area contributed by atoms with Gasteiger partial charge in [0.2, 0.25) is 5.91 Å². The van der Waals surface area contributed by atoms with E-state index in [1.165, 1.54) is 6.07 Å². The molecule has 4 nitrogen and oxygen atoms in total. The number of nitriles is 1. The van der Waals surface area contributed by atoms with Crippen molar-refractivity contribution in [2.24, 2.45) is 0 Å². The molecule has 2 heterocycles. The molecule has 1 aromatic carbocycles. The van der Waals surface area contributed by atoms with Crippen LogP contribution in [0.15, 0.2) is 35.0 Å². The Morgan fingerprint density at radius 1 is 1.46 bits per heavy atom. The lowest BCUT2D eigenvalue weighted by Crippen LogP contribution is -2.48. The number of nitrogens with zero attached hydrogens (tertiary/aromatic N) is 2. The van der Waals surface area contributed by atoms with E-state index < -0.39 is 0 Å². The lowest BCUT2D eigenvalue weighted by Gasteiger charge is -2.35. The summed E-state index contributed by atoms with van der Waals surface area (Å²) in [6.45, 7) is 1.33. The minimum atomic E-state index is -0.390. The second kappa shape index (κ2) is 7.45. The number of benzene rings is 1. The fourth-order valence-electron chi connectivity index (χ4n) is 3.00. The van der Waals surface area contributed by atoms with Crippen molar-refractivity contribution in [3.63, 3.8) is 0 Å². The van der Waals surface area contributed by atoms with Crippen LogP contribution in [0.2, 0.25) is 0 Å². The molecule has 3 rings (SSSR count). The standard InChI is InChI=1S/C18H18FN3OS/c19-16-8-13(10-20)3-4-17(16)22-6-1-2-15(11-22)21-18(23)9-14-5-7-24-12-14/h3-5,7-8,12,15H,1-2,6,9,11H2,(H,21,23)/t15-/m0/s1. The first-order valence-electron chi connectivity index (χ1n) is 7.91. The first-order chi connectivity index (χ1) is 11.7. The number of rotatable bonds is 4. The van der Waals surface area contributed by atoms with Gasteiger partial charge in [-0.15, -0.1) is 0 Å². The first kappa shape index (κ1) is 16.5. The Bertz CT molecular complexity index is 754. The van der Waals surface area contributed by atoms with E-state index in [-0.39, 0.29) is 17.8 Å². The normalized spacial score (nSPS) is 17.3. The molecule has 24 heavy (non-hydrogen) atoms. The highest BCUT2D eigenvalue weighted by Gasteiger charge is 2.23. The molecule has 1 saturated heterocycles. The molecule has 0 unspecified atom stereocenters. The van der Waals surface area contributed by atoms with Crippen molar-refractivity contribution in [1.82, 2.24) is 5.32 Å². The maximum Gasteiger partial charge on any atom is 0.224 e. The van der Waals surface area contributed by atoms with Gasteiger partial charge in [-0.1, -0.05) is 0 Å². The van der Waals surface area contributed by atoms with Crippen LogP contribution in [0.25, 0.3) is 0 Å². The molecular formula is C18H18FN3OS. The minimum absolute atomic E-state index is 0.000510. The van der Waals surface area contributed by atoms with Gasteiger partial charge in [0, 0.05) is 19.1 Å². The molecule has 1 aromatic heterocycles. The summed E-state index contributed by atoms with van der Waals surface area (Å²) in [5.41, 5.74) is 1.82. The number of nitrogens with one attached hydrogen (secondary N) is 1. The van der Waals surface area contributed by atoms with E-state index in [1.807, 2.05) is 27.8 Å². The average Bonchev–Trinajstić information content (AvgIpc) is 3.07. The van der Waals surface area contributed by atoms with Gasteiger partial charge in [0.25, 0.3) is 0 Å². The fourth-order valence-corrected chi connectivity index (χ4v) is 3.67. The molecule has 6 heteroatoms. The number of carbonyl (C=O) groups excluding carboxylic acids is 1. The van der Waals surface area contributed by atoms with Gasteiger partial charge in [-0.05, 0) is 53.4 Å². The second-order valence-electron chi connectivity index (χ2n) is 5.94. The SMILES string of the molecule is N#Cc1ccc(N2CCC[C@H](NC(=O)Cc3ccsc3)C2)c(F)c1. The van der Waals surface area contributed by atoms with Crippen molar-refractivity contribution >= 4 is 22.9 Å².